The van der Waals surface area contributed by atoms with Gasteiger partial charge in [0.2, 0.25) is 0 Å². The predicted octanol–water partition coefficient (Wildman–Crippen LogP) is 6.35. The molecule has 0 aliphatic rings. The Morgan fingerprint density at radius 3 is 2.52 bits per heavy atom. The molecule has 31 heavy (non-hydrogen) atoms. The molecule has 1 N–H and O–H groups in total. The molecule has 3 rings (SSSR count). The average molecular weight is 423 g/mol. The lowest BCUT2D eigenvalue weighted by Crippen LogP contribution is -2.29. The Kier molecular flexibility index (Phi) is 7.22. The number of aliphatic hydroxyl groups is 1. The lowest BCUT2D eigenvalue weighted by atomic mass is 9.90. The Morgan fingerprint density at radius 2 is 1.87 bits per heavy atom. The van der Waals surface area contributed by atoms with Crippen LogP contribution in [0.3, 0.4) is 0 Å². The van der Waals surface area contributed by atoms with Gasteiger partial charge in [-0.05, 0) is 87.9 Å². The highest BCUT2D eigenvalue weighted by molar-refractivity contribution is 5.81. The van der Waals surface area contributed by atoms with Crippen LogP contribution in [0.5, 0.6) is 5.75 Å². The summed E-state index contributed by atoms with van der Waals surface area (Å²) in [6, 6.07) is 14.2. The lowest BCUT2D eigenvalue weighted by Gasteiger charge is -2.22. The summed E-state index contributed by atoms with van der Waals surface area (Å²) in [5, 5.41) is 10.4. The van der Waals surface area contributed by atoms with Gasteiger partial charge in [0.1, 0.15) is 29.5 Å². The summed E-state index contributed by atoms with van der Waals surface area (Å²) in [7, 11) is 0. The number of hydrogen-bond donors (Lipinski definition) is 1. The van der Waals surface area contributed by atoms with Crippen molar-refractivity contribution in [3.05, 3.63) is 64.9 Å². The zero-order chi connectivity index (χ0) is 22.6. The minimum Gasteiger partial charge on any atom is -0.492 e. The normalized spacial score (nSPS) is 12.8. The topological polar surface area (TPSA) is 59.7 Å². The van der Waals surface area contributed by atoms with Crippen molar-refractivity contribution in [3.8, 4) is 5.75 Å². The fourth-order valence-corrected chi connectivity index (χ4v) is 3.69. The van der Waals surface area contributed by atoms with Crippen LogP contribution in [0.15, 0.2) is 46.9 Å². The second-order valence-electron chi connectivity index (χ2n) is 9.15. The number of aliphatic hydroxyl groups excluding tert-OH is 1. The SMILES string of the molecule is CCC(CCc1ccc(OCC(C)(C)C(C)=O)c(C)c1)c1cc2cc(CO)ccc2o1. The van der Waals surface area contributed by atoms with E-state index in [2.05, 4.69) is 32.0 Å². The summed E-state index contributed by atoms with van der Waals surface area (Å²) in [5.41, 5.74) is 3.65. The second-order valence-corrected chi connectivity index (χ2v) is 9.15. The Hall–Kier alpha value is -2.59. The highest BCUT2D eigenvalue weighted by Gasteiger charge is 2.25. The van der Waals surface area contributed by atoms with Gasteiger partial charge in [-0.25, -0.2) is 0 Å². The van der Waals surface area contributed by atoms with Crippen molar-refractivity contribution in [2.24, 2.45) is 5.41 Å². The largest absolute Gasteiger partial charge is 0.492 e. The molecule has 4 heteroatoms. The minimum atomic E-state index is -0.482. The summed E-state index contributed by atoms with van der Waals surface area (Å²) in [4.78, 5) is 11.7. The van der Waals surface area contributed by atoms with E-state index in [4.69, 9.17) is 9.15 Å². The van der Waals surface area contributed by atoms with Crippen LogP contribution in [0, 0.1) is 12.3 Å². The van der Waals surface area contributed by atoms with E-state index in [1.807, 2.05) is 38.1 Å². The fourth-order valence-electron chi connectivity index (χ4n) is 3.69. The highest BCUT2D eigenvalue weighted by Crippen LogP contribution is 2.32. The van der Waals surface area contributed by atoms with Crippen LogP contribution in [-0.2, 0) is 17.8 Å². The summed E-state index contributed by atoms with van der Waals surface area (Å²) in [5.74, 6) is 2.32. The van der Waals surface area contributed by atoms with Gasteiger partial charge in [-0.2, -0.15) is 0 Å². The van der Waals surface area contributed by atoms with E-state index in [0.29, 0.717) is 12.5 Å². The number of Topliss-reactive ketones (excluding diaryl/α,β-unsaturated/α-hetero) is 1. The number of carbonyl (C=O) groups excluding carboxylic acids is 1. The van der Waals surface area contributed by atoms with Gasteiger partial charge in [0, 0.05) is 11.3 Å². The molecule has 1 aromatic heterocycles. The monoisotopic (exact) mass is 422 g/mol. The molecule has 1 heterocycles. The van der Waals surface area contributed by atoms with Crippen LogP contribution < -0.4 is 4.74 Å². The van der Waals surface area contributed by atoms with Gasteiger partial charge >= 0.3 is 0 Å². The molecule has 0 fully saturated rings. The Labute approximate surface area is 185 Å². The molecule has 0 aliphatic carbocycles. The number of furan rings is 1. The quantitative estimate of drug-likeness (QED) is 0.413. The van der Waals surface area contributed by atoms with Crippen molar-refractivity contribution in [1.29, 1.82) is 0 Å². The lowest BCUT2D eigenvalue weighted by molar-refractivity contribution is -0.126. The Morgan fingerprint density at radius 1 is 1.13 bits per heavy atom. The van der Waals surface area contributed by atoms with Crippen molar-refractivity contribution in [2.45, 2.75) is 66.4 Å². The average Bonchev–Trinajstić information content (AvgIpc) is 3.16. The maximum absolute atomic E-state index is 11.7. The van der Waals surface area contributed by atoms with Gasteiger partial charge in [-0.1, -0.05) is 25.1 Å². The van der Waals surface area contributed by atoms with Gasteiger partial charge in [0.15, 0.2) is 0 Å². The molecule has 0 amide bonds. The van der Waals surface area contributed by atoms with Gasteiger partial charge in [0.05, 0.1) is 12.0 Å². The highest BCUT2D eigenvalue weighted by atomic mass is 16.5. The predicted molar refractivity (Wildman–Crippen MR) is 125 cm³/mol. The summed E-state index contributed by atoms with van der Waals surface area (Å²) in [6.07, 6.45) is 2.96. The molecule has 0 saturated carbocycles. The molecule has 0 spiro atoms. The smallest absolute Gasteiger partial charge is 0.138 e. The Bertz CT molecular complexity index is 1040. The summed E-state index contributed by atoms with van der Waals surface area (Å²) < 4.78 is 12.0. The van der Waals surface area contributed by atoms with E-state index >= 15 is 0 Å². The molecule has 166 valence electrons. The van der Waals surface area contributed by atoms with E-state index in [1.165, 1.54) is 5.56 Å². The molecule has 2 aromatic carbocycles. The summed E-state index contributed by atoms with van der Waals surface area (Å²) in [6.45, 7) is 10.1. The fraction of sp³-hybridized carbons (Fsp3) is 0.444. The third-order valence-electron chi connectivity index (χ3n) is 6.24. The number of aryl methyl sites for hydroxylation is 2. The first-order chi connectivity index (χ1) is 14.7. The van der Waals surface area contributed by atoms with E-state index in [0.717, 1.165) is 52.9 Å². The van der Waals surface area contributed by atoms with Gasteiger partial charge in [-0.3, -0.25) is 4.79 Å². The molecule has 4 nitrogen and oxygen atoms in total. The van der Waals surface area contributed by atoms with Crippen molar-refractivity contribution in [1.82, 2.24) is 0 Å². The van der Waals surface area contributed by atoms with Crippen molar-refractivity contribution in [3.63, 3.8) is 0 Å². The number of benzene rings is 2. The van der Waals surface area contributed by atoms with Gasteiger partial charge in [0.25, 0.3) is 0 Å². The van der Waals surface area contributed by atoms with E-state index in [-0.39, 0.29) is 12.4 Å². The summed E-state index contributed by atoms with van der Waals surface area (Å²) >= 11 is 0. The molecule has 0 aliphatic heterocycles. The van der Waals surface area contributed by atoms with Crippen molar-refractivity contribution in [2.75, 3.05) is 6.61 Å². The maximum Gasteiger partial charge on any atom is 0.138 e. The number of carbonyl (C=O) groups is 1. The maximum atomic E-state index is 11.7. The molecule has 0 bridgehead atoms. The zero-order valence-corrected chi connectivity index (χ0v) is 19.3. The Balaban J connectivity index is 1.65. The number of ether oxygens (including phenoxy) is 1. The molecular formula is C27H34O4. The van der Waals surface area contributed by atoms with Crippen LogP contribution in [-0.4, -0.2) is 17.5 Å². The first-order valence-corrected chi connectivity index (χ1v) is 11.1. The van der Waals surface area contributed by atoms with Gasteiger partial charge in [-0.15, -0.1) is 0 Å². The van der Waals surface area contributed by atoms with Crippen LogP contribution in [0.4, 0.5) is 0 Å². The standard InChI is InChI=1S/C27H34O4/c1-6-22(26-15-23-14-21(16-28)9-12-25(23)31-26)10-7-20-8-11-24(18(2)13-20)30-17-27(4,5)19(3)29/h8-9,11-15,22,28H,6-7,10,16-17H2,1-5H3. The second kappa shape index (κ2) is 9.69. The number of ketones is 1. The third-order valence-corrected chi connectivity index (χ3v) is 6.24. The number of rotatable bonds is 10. The van der Waals surface area contributed by atoms with Crippen LogP contribution in [0.25, 0.3) is 11.0 Å². The van der Waals surface area contributed by atoms with Crippen LogP contribution >= 0.6 is 0 Å². The van der Waals surface area contributed by atoms with Crippen molar-refractivity contribution >= 4 is 16.8 Å². The first-order valence-electron chi connectivity index (χ1n) is 11.1. The minimum absolute atomic E-state index is 0.0406. The third kappa shape index (κ3) is 5.56. The van der Waals surface area contributed by atoms with E-state index < -0.39 is 5.41 Å². The zero-order valence-electron chi connectivity index (χ0n) is 19.3. The first kappa shape index (κ1) is 23.1. The van der Waals surface area contributed by atoms with E-state index in [1.54, 1.807) is 6.92 Å². The molecule has 0 radical (unpaired) electrons. The molecule has 3 aromatic rings. The number of fused-ring (bicyclic) bond motifs is 1. The molecule has 1 atom stereocenters. The van der Waals surface area contributed by atoms with Crippen LogP contribution in [0.2, 0.25) is 0 Å². The van der Waals surface area contributed by atoms with Crippen LogP contribution in [0.1, 0.15) is 68.9 Å². The number of hydrogen-bond acceptors (Lipinski definition) is 4. The van der Waals surface area contributed by atoms with Gasteiger partial charge < -0.3 is 14.3 Å². The van der Waals surface area contributed by atoms with Crippen molar-refractivity contribution < 1.29 is 19.1 Å². The molecule has 1 unspecified atom stereocenters. The molecule has 0 saturated heterocycles. The van der Waals surface area contributed by atoms with E-state index in [9.17, 15) is 9.90 Å². The molecular weight excluding hydrogens is 388 g/mol.